The molecule has 2 aliphatic rings. The molecule has 1 spiro atoms. The van der Waals surface area contributed by atoms with Crippen molar-refractivity contribution in [1.82, 2.24) is 0 Å². The summed E-state index contributed by atoms with van der Waals surface area (Å²) in [7, 11) is -0.563. The standard InChI is InChI=1S/C20H14O2Si/c21-19-13-7-1-2-8-14(13)20(22-19)15-9-3-5-11-17(15)23-18-12-6-4-10-16(18)20/h1-12H,23H2. The number of carbonyl (C=O) groups excluding carboxylic acids is 1. The van der Waals surface area contributed by atoms with Crippen LogP contribution in [0.3, 0.4) is 0 Å². The first kappa shape index (κ1) is 12.8. The summed E-state index contributed by atoms with van der Waals surface area (Å²) in [5, 5.41) is 2.71. The van der Waals surface area contributed by atoms with Crippen LogP contribution >= 0.6 is 0 Å². The van der Waals surface area contributed by atoms with Crippen molar-refractivity contribution < 1.29 is 9.53 Å². The maximum absolute atomic E-state index is 12.5. The first-order valence-electron chi connectivity index (χ1n) is 7.80. The van der Waals surface area contributed by atoms with Crippen LogP contribution in [0.5, 0.6) is 0 Å². The van der Waals surface area contributed by atoms with Crippen LogP contribution in [0, 0.1) is 0 Å². The van der Waals surface area contributed by atoms with E-state index in [0.29, 0.717) is 5.56 Å². The second-order valence-electron chi connectivity index (χ2n) is 6.11. The summed E-state index contributed by atoms with van der Waals surface area (Å²) < 4.78 is 6.10. The average Bonchev–Trinajstić information content (AvgIpc) is 2.90. The molecule has 3 aromatic carbocycles. The second-order valence-corrected chi connectivity index (χ2v) is 7.98. The van der Waals surface area contributed by atoms with Gasteiger partial charge in [0.25, 0.3) is 0 Å². The molecule has 0 fully saturated rings. The smallest absolute Gasteiger partial charge is 0.340 e. The van der Waals surface area contributed by atoms with Gasteiger partial charge in [0.15, 0.2) is 5.60 Å². The van der Waals surface area contributed by atoms with Gasteiger partial charge in [-0.1, -0.05) is 77.1 Å². The van der Waals surface area contributed by atoms with Crippen LogP contribution in [0.4, 0.5) is 0 Å². The molecule has 3 heteroatoms. The zero-order chi connectivity index (χ0) is 15.4. The molecular weight excluding hydrogens is 300 g/mol. The molecule has 2 aliphatic heterocycles. The predicted octanol–water partition coefficient (Wildman–Crippen LogP) is 1.58. The number of fused-ring (bicyclic) bond motifs is 6. The summed E-state index contributed by atoms with van der Waals surface area (Å²) in [6, 6.07) is 24.6. The monoisotopic (exact) mass is 314 g/mol. The highest BCUT2D eigenvalue weighted by Gasteiger charge is 2.51. The fourth-order valence-electron chi connectivity index (χ4n) is 4.00. The summed E-state index contributed by atoms with van der Waals surface area (Å²) >= 11 is 0. The topological polar surface area (TPSA) is 26.3 Å². The van der Waals surface area contributed by atoms with Crippen LogP contribution in [0.15, 0.2) is 72.8 Å². The van der Waals surface area contributed by atoms with E-state index in [-0.39, 0.29) is 5.97 Å². The van der Waals surface area contributed by atoms with E-state index in [1.807, 2.05) is 36.4 Å². The fourth-order valence-corrected chi connectivity index (χ4v) is 6.04. The molecule has 0 amide bonds. The molecule has 2 heterocycles. The van der Waals surface area contributed by atoms with Crippen LogP contribution in [-0.4, -0.2) is 15.5 Å². The van der Waals surface area contributed by atoms with E-state index in [0.717, 1.165) is 16.7 Å². The van der Waals surface area contributed by atoms with Gasteiger partial charge in [0.1, 0.15) is 0 Å². The van der Waals surface area contributed by atoms with Gasteiger partial charge in [-0.2, -0.15) is 0 Å². The van der Waals surface area contributed by atoms with Gasteiger partial charge in [-0.25, -0.2) is 4.79 Å². The van der Waals surface area contributed by atoms with Crippen molar-refractivity contribution in [2.75, 3.05) is 0 Å². The molecule has 23 heavy (non-hydrogen) atoms. The van der Waals surface area contributed by atoms with Crippen molar-refractivity contribution in [2.24, 2.45) is 0 Å². The highest BCUT2D eigenvalue weighted by Crippen LogP contribution is 2.46. The Morgan fingerprint density at radius 2 is 1.22 bits per heavy atom. The molecule has 0 saturated heterocycles. The van der Waals surface area contributed by atoms with Crippen LogP contribution < -0.4 is 10.4 Å². The molecular formula is C20H14O2Si. The summed E-state index contributed by atoms with van der Waals surface area (Å²) in [5.74, 6) is -0.228. The normalized spacial score (nSPS) is 21.7. The first-order valence-corrected chi connectivity index (χ1v) is 9.22. The Balaban J connectivity index is 1.93. The quantitative estimate of drug-likeness (QED) is 0.465. The van der Waals surface area contributed by atoms with Crippen molar-refractivity contribution in [1.29, 1.82) is 0 Å². The molecule has 0 aliphatic carbocycles. The number of esters is 1. The molecule has 110 valence electrons. The largest absolute Gasteiger partial charge is 0.441 e. The van der Waals surface area contributed by atoms with Gasteiger partial charge in [-0.15, -0.1) is 0 Å². The molecule has 0 atom stereocenters. The minimum atomic E-state index is -0.772. The molecule has 0 unspecified atom stereocenters. The first-order chi connectivity index (χ1) is 11.3. The maximum atomic E-state index is 12.5. The third kappa shape index (κ3) is 1.55. The highest BCUT2D eigenvalue weighted by atomic mass is 28.2. The second kappa shape index (κ2) is 4.43. The molecule has 5 rings (SSSR count). The predicted molar refractivity (Wildman–Crippen MR) is 92.4 cm³/mol. The number of ether oxygens (including phenoxy) is 1. The van der Waals surface area contributed by atoms with Crippen molar-refractivity contribution in [3.05, 3.63) is 95.1 Å². The maximum Gasteiger partial charge on any atom is 0.340 e. The van der Waals surface area contributed by atoms with Crippen molar-refractivity contribution in [3.63, 3.8) is 0 Å². The zero-order valence-corrected chi connectivity index (χ0v) is 13.9. The molecule has 0 N–H and O–H groups in total. The Labute approximate surface area is 136 Å². The van der Waals surface area contributed by atoms with Crippen LogP contribution in [-0.2, 0) is 10.3 Å². The lowest BCUT2D eigenvalue weighted by Gasteiger charge is -2.37. The van der Waals surface area contributed by atoms with E-state index in [1.54, 1.807) is 0 Å². The third-order valence-electron chi connectivity index (χ3n) is 4.95. The lowest BCUT2D eigenvalue weighted by Crippen LogP contribution is -2.49. The number of benzene rings is 3. The van der Waals surface area contributed by atoms with E-state index in [4.69, 9.17) is 4.74 Å². The molecule has 0 bridgehead atoms. The lowest BCUT2D eigenvalue weighted by atomic mass is 9.79. The van der Waals surface area contributed by atoms with Gasteiger partial charge in [-0.05, 0) is 6.07 Å². The number of carbonyl (C=O) groups is 1. The van der Waals surface area contributed by atoms with Crippen molar-refractivity contribution in [3.8, 4) is 0 Å². The molecule has 0 aromatic heterocycles. The Bertz CT molecular complexity index is 916. The zero-order valence-electron chi connectivity index (χ0n) is 12.5. The summed E-state index contributed by atoms with van der Waals surface area (Å²) in [5.41, 5.74) is 3.16. The average molecular weight is 314 g/mol. The Kier molecular flexibility index (Phi) is 2.47. The highest BCUT2D eigenvalue weighted by molar-refractivity contribution is 6.69. The van der Waals surface area contributed by atoms with Crippen molar-refractivity contribution >= 4 is 25.9 Å². The lowest BCUT2D eigenvalue weighted by molar-refractivity contribution is 0.0255. The summed E-state index contributed by atoms with van der Waals surface area (Å²) in [4.78, 5) is 12.5. The number of hydrogen-bond donors (Lipinski definition) is 0. The van der Waals surface area contributed by atoms with Gasteiger partial charge in [0.05, 0.1) is 15.1 Å². The number of hydrogen-bond acceptors (Lipinski definition) is 2. The summed E-state index contributed by atoms with van der Waals surface area (Å²) in [6.45, 7) is 0. The molecule has 0 radical (unpaired) electrons. The van der Waals surface area contributed by atoms with E-state index in [2.05, 4.69) is 36.4 Å². The fraction of sp³-hybridized carbons (Fsp3) is 0.0500. The summed E-state index contributed by atoms with van der Waals surface area (Å²) in [6.07, 6.45) is 0. The van der Waals surface area contributed by atoms with Crippen LogP contribution in [0.2, 0.25) is 0 Å². The van der Waals surface area contributed by atoms with Gasteiger partial charge < -0.3 is 4.74 Å². The minimum absolute atomic E-state index is 0.228. The van der Waals surface area contributed by atoms with Crippen LogP contribution in [0.25, 0.3) is 0 Å². The van der Waals surface area contributed by atoms with Crippen molar-refractivity contribution in [2.45, 2.75) is 5.60 Å². The van der Waals surface area contributed by atoms with Gasteiger partial charge in [0.2, 0.25) is 0 Å². The van der Waals surface area contributed by atoms with Gasteiger partial charge >= 0.3 is 5.97 Å². The third-order valence-corrected chi connectivity index (χ3v) is 6.94. The molecule has 3 aromatic rings. The Morgan fingerprint density at radius 3 is 1.87 bits per heavy atom. The Hall–Kier alpha value is -2.65. The molecule has 0 saturated carbocycles. The molecule has 2 nitrogen and oxygen atoms in total. The minimum Gasteiger partial charge on any atom is -0.441 e. The van der Waals surface area contributed by atoms with Gasteiger partial charge in [0, 0.05) is 16.7 Å². The van der Waals surface area contributed by atoms with E-state index < -0.39 is 15.1 Å². The van der Waals surface area contributed by atoms with E-state index in [9.17, 15) is 4.79 Å². The van der Waals surface area contributed by atoms with E-state index in [1.165, 1.54) is 10.4 Å². The van der Waals surface area contributed by atoms with E-state index >= 15 is 0 Å². The van der Waals surface area contributed by atoms with Crippen LogP contribution in [0.1, 0.15) is 27.0 Å². The van der Waals surface area contributed by atoms with Gasteiger partial charge in [-0.3, -0.25) is 0 Å². The Morgan fingerprint density at radius 1 is 0.696 bits per heavy atom. The number of rotatable bonds is 0. The SMILES string of the molecule is O=C1OC2(c3ccccc3[SiH2]c3ccccc32)c2ccccc21.